The van der Waals surface area contributed by atoms with Gasteiger partial charge in [-0.15, -0.1) is 0 Å². The molecule has 1 atom stereocenters. The van der Waals surface area contributed by atoms with Gasteiger partial charge in [0.15, 0.2) is 0 Å². The molecule has 1 saturated carbocycles. The van der Waals surface area contributed by atoms with E-state index in [0.29, 0.717) is 34.3 Å². The molecule has 0 aliphatic heterocycles. The molecule has 0 amide bonds. The zero-order chi connectivity index (χ0) is 14.8. The van der Waals surface area contributed by atoms with Gasteiger partial charge in [-0.2, -0.15) is 0 Å². The average Bonchev–Trinajstić information content (AvgIpc) is 3.23. The highest BCUT2D eigenvalue weighted by atomic mass is 79.9. The summed E-state index contributed by atoms with van der Waals surface area (Å²) in [7, 11) is -1.62. The Morgan fingerprint density at radius 2 is 2.10 bits per heavy atom. The Kier molecular flexibility index (Phi) is 5.23. The molecule has 0 bridgehead atoms. The third-order valence-corrected chi connectivity index (χ3v) is 6.11. The van der Waals surface area contributed by atoms with E-state index in [1.54, 1.807) is 12.1 Å². The predicted molar refractivity (Wildman–Crippen MR) is 84.0 cm³/mol. The molecule has 4 nitrogen and oxygen atoms in total. The molecular weight excluding hydrogens is 340 g/mol. The zero-order valence-corrected chi connectivity index (χ0v) is 14.2. The topological polar surface area (TPSA) is 58.2 Å². The van der Waals surface area contributed by atoms with Crippen LogP contribution in [0.25, 0.3) is 0 Å². The summed E-state index contributed by atoms with van der Waals surface area (Å²) in [5.41, 5.74) is 0.950. The molecule has 6 heteroatoms. The van der Waals surface area contributed by atoms with Gasteiger partial charge in [0.1, 0.15) is 0 Å². The highest BCUT2D eigenvalue weighted by Crippen LogP contribution is 2.36. The van der Waals surface area contributed by atoms with Crippen molar-refractivity contribution < 1.29 is 8.42 Å². The van der Waals surface area contributed by atoms with E-state index in [4.69, 9.17) is 0 Å². The monoisotopic (exact) mass is 360 g/mol. The Balaban J connectivity index is 2.12. The van der Waals surface area contributed by atoms with E-state index in [1.165, 1.54) is 12.8 Å². The molecule has 2 N–H and O–H groups in total. The van der Waals surface area contributed by atoms with E-state index in [0.717, 1.165) is 5.56 Å². The summed E-state index contributed by atoms with van der Waals surface area (Å²) in [5.74, 6) is 1.10. The van der Waals surface area contributed by atoms with Crippen LogP contribution in [-0.4, -0.2) is 22.0 Å². The van der Waals surface area contributed by atoms with Crippen molar-refractivity contribution in [1.29, 1.82) is 0 Å². The Labute approximate surface area is 129 Å². The van der Waals surface area contributed by atoms with E-state index in [9.17, 15) is 8.42 Å². The summed E-state index contributed by atoms with van der Waals surface area (Å²) < 4.78 is 28.1. The molecular formula is C14H21BrN2O2S. The molecule has 20 heavy (non-hydrogen) atoms. The van der Waals surface area contributed by atoms with E-state index >= 15 is 0 Å². The second-order valence-electron chi connectivity index (χ2n) is 5.46. The van der Waals surface area contributed by atoms with Gasteiger partial charge in [-0.05, 0) is 65.4 Å². The van der Waals surface area contributed by atoms with Crippen molar-refractivity contribution in [2.75, 3.05) is 13.6 Å². The summed E-state index contributed by atoms with van der Waals surface area (Å²) in [6, 6.07) is 5.41. The number of hydrogen-bond donors (Lipinski definition) is 2. The highest BCUT2D eigenvalue weighted by Gasteiger charge is 2.29. The molecule has 0 radical (unpaired) electrons. The fraction of sp³-hybridized carbons (Fsp3) is 0.571. The molecule has 1 aliphatic carbocycles. The van der Waals surface area contributed by atoms with Crippen LogP contribution >= 0.6 is 15.9 Å². The Hall–Kier alpha value is -0.430. The molecule has 0 saturated heterocycles. The molecule has 0 spiro atoms. The van der Waals surface area contributed by atoms with Gasteiger partial charge in [-0.1, -0.05) is 13.0 Å². The highest BCUT2D eigenvalue weighted by molar-refractivity contribution is 9.10. The van der Waals surface area contributed by atoms with Crippen molar-refractivity contribution in [3.63, 3.8) is 0 Å². The van der Waals surface area contributed by atoms with Crippen LogP contribution in [0.1, 0.15) is 25.3 Å². The third kappa shape index (κ3) is 4.04. The van der Waals surface area contributed by atoms with Crippen molar-refractivity contribution in [2.24, 2.45) is 11.8 Å². The summed E-state index contributed by atoms with van der Waals surface area (Å²) in [6.45, 7) is 3.26. The van der Waals surface area contributed by atoms with E-state index in [2.05, 4.69) is 32.9 Å². The number of halogens is 1. The maximum Gasteiger partial charge on any atom is 0.241 e. The first-order valence-electron chi connectivity index (χ1n) is 6.86. The second-order valence-corrected chi connectivity index (χ2v) is 8.05. The van der Waals surface area contributed by atoms with E-state index < -0.39 is 10.0 Å². The molecule has 1 aliphatic rings. The van der Waals surface area contributed by atoms with E-state index in [1.807, 2.05) is 13.1 Å². The molecule has 1 unspecified atom stereocenters. The van der Waals surface area contributed by atoms with Gasteiger partial charge in [-0.25, -0.2) is 13.1 Å². The van der Waals surface area contributed by atoms with Crippen LogP contribution in [0, 0.1) is 11.8 Å². The van der Waals surface area contributed by atoms with Gasteiger partial charge >= 0.3 is 0 Å². The zero-order valence-electron chi connectivity index (χ0n) is 11.8. The number of nitrogens with one attached hydrogen (secondary N) is 2. The van der Waals surface area contributed by atoms with Gasteiger partial charge in [0.05, 0.1) is 4.90 Å². The number of benzene rings is 1. The van der Waals surface area contributed by atoms with Crippen molar-refractivity contribution >= 4 is 26.0 Å². The average molecular weight is 361 g/mol. The molecule has 0 aromatic heterocycles. The SMILES string of the molecule is CNCc1ccc(Br)c(S(=O)(=O)NCC(C)C2CC2)c1. The van der Waals surface area contributed by atoms with Crippen LogP contribution in [0.4, 0.5) is 0 Å². The molecule has 112 valence electrons. The minimum absolute atomic E-state index is 0.313. The largest absolute Gasteiger partial charge is 0.316 e. The lowest BCUT2D eigenvalue weighted by atomic mass is 10.1. The Morgan fingerprint density at radius 1 is 1.40 bits per heavy atom. The van der Waals surface area contributed by atoms with Crippen molar-refractivity contribution in [1.82, 2.24) is 10.0 Å². The lowest BCUT2D eigenvalue weighted by Crippen LogP contribution is -2.29. The Morgan fingerprint density at radius 3 is 2.70 bits per heavy atom. The van der Waals surface area contributed by atoms with Gasteiger partial charge in [0, 0.05) is 17.6 Å². The fourth-order valence-electron chi connectivity index (χ4n) is 2.22. The quantitative estimate of drug-likeness (QED) is 0.785. The lowest BCUT2D eigenvalue weighted by molar-refractivity contribution is 0.491. The standard InChI is InChI=1S/C14H21BrN2O2S/c1-10(12-4-5-12)8-17-20(18,19)14-7-11(9-16-2)3-6-13(14)15/h3,6-7,10,12,16-17H,4-5,8-9H2,1-2H3. The van der Waals surface area contributed by atoms with Crippen LogP contribution in [-0.2, 0) is 16.6 Å². The number of sulfonamides is 1. The summed E-state index contributed by atoms with van der Waals surface area (Å²) in [4.78, 5) is 0.313. The molecule has 1 aromatic rings. The van der Waals surface area contributed by atoms with Gasteiger partial charge in [-0.3, -0.25) is 0 Å². The molecule has 1 aromatic carbocycles. The fourth-order valence-corrected chi connectivity index (χ4v) is 4.37. The van der Waals surface area contributed by atoms with Gasteiger partial charge in [0.25, 0.3) is 0 Å². The summed E-state index contributed by atoms with van der Waals surface area (Å²) in [5, 5.41) is 3.03. The number of hydrogen-bond acceptors (Lipinski definition) is 3. The first kappa shape index (κ1) is 15.9. The minimum atomic E-state index is -3.46. The normalized spacial score (nSPS) is 17.1. The van der Waals surface area contributed by atoms with Gasteiger partial charge < -0.3 is 5.32 Å². The van der Waals surface area contributed by atoms with Gasteiger partial charge in [0.2, 0.25) is 10.0 Å². The predicted octanol–water partition coefficient (Wildman–Crippen LogP) is 2.49. The number of rotatable bonds is 7. The lowest BCUT2D eigenvalue weighted by Gasteiger charge is -2.13. The van der Waals surface area contributed by atoms with Crippen LogP contribution in [0.5, 0.6) is 0 Å². The maximum atomic E-state index is 12.4. The van der Waals surface area contributed by atoms with Crippen molar-refractivity contribution in [3.05, 3.63) is 28.2 Å². The molecule has 2 rings (SSSR count). The van der Waals surface area contributed by atoms with Crippen LogP contribution in [0.3, 0.4) is 0 Å². The maximum absolute atomic E-state index is 12.4. The van der Waals surface area contributed by atoms with Crippen LogP contribution in [0.15, 0.2) is 27.6 Å². The van der Waals surface area contributed by atoms with Crippen LogP contribution < -0.4 is 10.0 Å². The van der Waals surface area contributed by atoms with E-state index in [-0.39, 0.29) is 0 Å². The van der Waals surface area contributed by atoms with Crippen LogP contribution in [0.2, 0.25) is 0 Å². The first-order valence-corrected chi connectivity index (χ1v) is 9.14. The third-order valence-electron chi connectivity index (χ3n) is 3.69. The first-order chi connectivity index (χ1) is 9.44. The second kappa shape index (κ2) is 6.56. The van der Waals surface area contributed by atoms with Crippen molar-refractivity contribution in [3.8, 4) is 0 Å². The molecule has 1 fully saturated rings. The summed E-state index contributed by atoms with van der Waals surface area (Å²) >= 11 is 3.33. The summed E-state index contributed by atoms with van der Waals surface area (Å²) in [6.07, 6.45) is 2.45. The minimum Gasteiger partial charge on any atom is -0.316 e. The smallest absolute Gasteiger partial charge is 0.241 e. The molecule has 0 heterocycles. The van der Waals surface area contributed by atoms with Crippen molar-refractivity contribution in [2.45, 2.75) is 31.2 Å². The Bertz CT molecular complexity index is 571.